The SMILES string of the molecule is CC(C)n1nccc1-c1ccc(C#N)cc1OC(F)(F)F. The van der Waals surface area contributed by atoms with E-state index in [9.17, 15) is 13.2 Å². The number of hydrogen-bond acceptors (Lipinski definition) is 3. The predicted molar refractivity (Wildman–Crippen MR) is 69.4 cm³/mol. The normalized spacial score (nSPS) is 11.5. The molecule has 1 heterocycles. The lowest BCUT2D eigenvalue weighted by Crippen LogP contribution is -2.18. The zero-order valence-corrected chi connectivity index (χ0v) is 11.3. The average molecular weight is 295 g/mol. The van der Waals surface area contributed by atoms with E-state index in [-0.39, 0.29) is 17.2 Å². The summed E-state index contributed by atoms with van der Waals surface area (Å²) in [5.41, 5.74) is 0.819. The lowest BCUT2D eigenvalue weighted by Gasteiger charge is -2.16. The van der Waals surface area contributed by atoms with Gasteiger partial charge in [0.25, 0.3) is 0 Å². The molecule has 1 aromatic carbocycles. The van der Waals surface area contributed by atoms with Gasteiger partial charge in [-0.15, -0.1) is 13.2 Å². The van der Waals surface area contributed by atoms with E-state index in [0.717, 1.165) is 6.07 Å². The summed E-state index contributed by atoms with van der Waals surface area (Å²) in [6.45, 7) is 3.73. The van der Waals surface area contributed by atoms with Crippen molar-refractivity contribution in [2.24, 2.45) is 0 Å². The zero-order chi connectivity index (χ0) is 15.6. The highest BCUT2D eigenvalue weighted by molar-refractivity contribution is 5.69. The van der Waals surface area contributed by atoms with Crippen molar-refractivity contribution in [2.75, 3.05) is 0 Å². The van der Waals surface area contributed by atoms with E-state index in [1.807, 2.05) is 13.8 Å². The summed E-state index contributed by atoms with van der Waals surface area (Å²) >= 11 is 0. The van der Waals surface area contributed by atoms with Crippen LogP contribution in [-0.4, -0.2) is 16.1 Å². The van der Waals surface area contributed by atoms with Crippen molar-refractivity contribution in [3.63, 3.8) is 0 Å². The summed E-state index contributed by atoms with van der Waals surface area (Å²) in [4.78, 5) is 0. The number of nitriles is 1. The Hall–Kier alpha value is -2.49. The van der Waals surface area contributed by atoms with Gasteiger partial charge in [0.2, 0.25) is 0 Å². The Bertz CT molecular complexity index is 684. The summed E-state index contributed by atoms with van der Waals surface area (Å²) in [6.07, 6.45) is -3.32. The first-order chi connectivity index (χ1) is 9.81. The smallest absolute Gasteiger partial charge is 0.405 e. The second-order valence-electron chi connectivity index (χ2n) is 4.63. The first kappa shape index (κ1) is 14.9. The number of hydrogen-bond donors (Lipinski definition) is 0. The Morgan fingerprint density at radius 1 is 1.29 bits per heavy atom. The van der Waals surface area contributed by atoms with Gasteiger partial charge in [-0.1, -0.05) is 0 Å². The Morgan fingerprint density at radius 3 is 2.57 bits per heavy atom. The van der Waals surface area contributed by atoms with Gasteiger partial charge in [-0.3, -0.25) is 4.68 Å². The molecule has 2 aromatic rings. The van der Waals surface area contributed by atoms with Gasteiger partial charge in [0, 0.05) is 17.8 Å². The second kappa shape index (κ2) is 5.48. The minimum Gasteiger partial charge on any atom is -0.405 e. The highest BCUT2D eigenvalue weighted by Gasteiger charge is 2.32. The molecule has 0 saturated heterocycles. The van der Waals surface area contributed by atoms with Gasteiger partial charge in [0.05, 0.1) is 17.3 Å². The molecule has 0 amide bonds. The number of benzene rings is 1. The van der Waals surface area contributed by atoms with E-state index in [1.54, 1.807) is 16.8 Å². The molecule has 110 valence electrons. The fourth-order valence-corrected chi connectivity index (χ4v) is 1.95. The minimum atomic E-state index is -4.83. The molecule has 0 unspecified atom stereocenters. The number of rotatable bonds is 3. The van der Waals surface area contributed by atoms with Crippen molar-refractivity contribution >= 4 is 0 Å². The lowest BCUT2D eigenvalue weighted by molar-refractivity contribution is -0.274. The van der Waals surface area contributed by atoms with E-state index in [0.29, 0.717) is 5.69 Å². The molecule has 0 spiro atoms. The first-order valence-electron chi connectivity index (χ1n) is 6.15. The molecule has 7 heteroatoms. The van der Waals surface area contributed by atoms with Crippen LogP contribution < -0.4 is 4.74 Å². The average Bonchev–Trinajstić information content (AvgIpc) is 2.85. The third kappa shape index (κ3) is 3.34. The van der Waals surface area contributed by atoms with Crippen LogP contribution in [0.4, 0.5) is 13.2 Å². The van der Waals surface area contributed by atoms with Crippen molar-refractivity contribution < 1.29 is 17.9 Å². The van der Waals surface area contributed by atoms with Crippen LogP contribution in [0.15, 0.2) is 30.5 Å². The van der Waals surface area contributed by atoms with Gasteiger partial charge in [-0.25, -0.2) is 0 Å². The maximum absolute atomic E-state index is 12.5. The number of alkyl halides is 3. The number of ether oxygens (including phenoxy) is 1. The van der Waals surface area contributed by atoms with Crippen molar-refractivity contribution in [3.05, 3.63) is 36.0 Å². The van der Waals surface area contributed by atoms with Crippen LogP contribution in [0.1, 0.15) is 25.5 Å². The summed E-state index contributed by atoms with van der Waals surface area (Å²) < 4.78 is 43.2. The van der Waals surface area contributed by atoms with Gasteiger partial charge in [-0.2, -0.15) is 10.4 Å². The van der Waals surface area contributed by atoms with E-state index < -0.39 is 12.1 Å². The lowest BCUT2D eigenvalue weighted by atomic mass is 10.1. The number of nitrogens with zero attached hydrogens (tertiary/aromatic N) is 3. The van der Waals surface area contributed by atoms with Gasteiger partial charge >= 0.3 is 6.36 Å². The van der Waals surface area contributed by atoms with Gasteiger partial charge in [0.1, 0.15) is 5.75 Å². The van der Waals surface area contributed by atoms with Crippen LogP contribution in [0.25, 0.3) is 11.3 Å². The monoisotopic (exact) mass is 295 g/mol. The summed E-state index contributed by atoms with van der Waals surface area (Å²) in [5.74, 6) is -0.413. The fraction of sp³-hybridized carbons (Fsp3) is 0.286. The van der Waals surface area contributed by atoms with Crippen molar-refractivity contribution in [1.29, 1.82) is 5.26 Å². The maximum Gasteiger partial charge on any atom is 0.573 e. The largest absolute Gasteiger partial charge is 0.573 e. The third-order valence-corrected chi connectivity index (χ3v) is 2.77. The van der Waals surface area contributed by atoms with Crippen LogP contribution in [0.2, 0.25) is 0 Å². The molecule has 2 rings (SSSR count). The topological polar surface area (TPSA) is 50.8 Å². The Morgan fingerprint density at radius 2 is 2.00 bits per heavy atom. The summed E-state index contributed by atoms with van der Waals surface area (Å²) in [7, 11) is 0. The highest BCUT2D eigenvalue weighted by Crippen LogP contribution is 2.35. The van der Waals surface area contributed by atoms with Crippen LogP contribution in [0.3, 0.4) is 0 Å². The number of halogens is 3. The zero-order valence-electron chi connectivity index (χ0n) is 11.3. The molecular weight excluding hydrogens is 283 g/mol. The minimum absolute atomic E-state index is 0.0237. The van der Waals surface area contributed by atoms with Crippen LogP contribution >= 0.6 is 0 Å². The molecule has 0 saturated carbocycles. The summed E-state index contributed by atoms with van der Waals surface area (Å²) in [6, 6.07) is 7.31. The van der Waals surface area contributed by atoms with Gasteiger partial charge in [-0.05, 0) is 38.1 Å². The Kier molecular flexibility index (Phi) is 3.89. The molecule has 0 aliphatic rings. The van der Waals surface area contributed by atoms with Crippen LogP contribution in [-0.2, 0) is 0 Å². The molecule has 21 heavy (non-hydrogen) atoms. The van der Waals surface area contributed by atoms with E-state index in [4.69, 9.17) is 5.26 Å². The third-order valence-electron chi connectivity index (χ3n) is 2.77. The number of aromatic nitrogens is 2. The molecule has 0 atom stereocenters. The molecule has 0 N–H and O–H groups in total. The Labute approximate surface area is 119 Å². The molecular formula is C14H12F3N3O. The van der Waals surface area contributed by atoms with E-state index in [2.05, 4.69) is 9.84 Å². The molecule has 0 aliphatic heterocycles. The quantitative estimate of drug-likeness (QED) is 0.862. The van der Waals surface area contributed by atoms with Gasteiger partial charge in [0.15, 0.2) is 0 Å². The summed E-state index contributed by atoms with van der Waals surface area (Å²) in [5, 5.41) is 12.9. The highest BCUT2D eigenvalue weighted by atomic mass is 19.4. The Balaban J connectivity index is 2.57. The fourth-order valence-electron chi connectivity index (χ4n) is 1.95. The van der Waals surface area contributed by atoms with Crippen LogP contribution in [0.5, 0.6) is 5.75 Å². The standard InChI is InChI=1S/C14H12F3N3O/c1-9(2)20-12(5-6-19-20)11-4-3-10(8-18)7-13(11)21-14(15,16)17/h3-7,9H,1-2H3. The van der Waals surface area contributed by atoms with Crippen molar-refractivity contribution in [1.82, 2.24) is 9.78 Å². The van der Waals surface area contributed by atoms with Crippen molar-refractivity contribution in [2.45, 2.75) is 26.3 Å². The van der Waals surface area contributed by atoms with Gasteiger partial charge < -0.3 is 4.74 Å². The maximum atomic E-state index is 12.5. The molecule has 0 fully saturated rings. The molecule has 1 aromatic heterocycles. The van der Waals surface area contributed by atoms with Crippen molar-refractivity contribution in [3.8, 4) is 23.1 Å². The van der Waals surface area contributed by atoms with E-state index >= 15 is 0 Å². The molecule has 0 bridgehead atoms. The molecule has 4 nitrogen and oxygen atoms in total. The van der Waals surface area contributed by atoms with Crippen LogP contribution in [0, 0.1) is 11.3 Å². The second-order valence-corrected chi connectivity index (χ2v) is 4.63. The molecule has 0 aliphatic carbocycles. The first-order valence-corrected chi connectivity index (χ1v) is 6.15. The predicted octanol–water partition coefficient (Wildman–Crippen LogP) is 3.90. The molecule has 0 radical (unpaired) electrons. The van der Waals surface area contributed by atoms with E-state index in [1.165, 1.54) is 18.3 Å².